The zero-order valence-electron chi connectivity index (χ0n) is 14.6. The third-order valence-corrected chi connectivity index (χ3v) is 4.48. The van der Waals surface area contributed by atoms with E-state index in [1.165, 1.54) is 12.8 Å². The molecule has 0 aliphatic heterocycles. The van der Waals surface area contributed by atoms with Crippen molar-refractivity contribution in [2.75, 3.05) is 18.5 Å². The molecule has 1 N–H and O–H groups in total. The van der Waals surface area contributed by atoms with E-state index in [4.69, 9.17) is 9.47 Å². The quantitative estimate of drug-likeness (QED) is 0.787. The summed E-state index contributed by atoms with van der Waals surface area (Å²) in [6.07, 6.45) is 6.09. The number of anilines is 1. The molecule has 0 radical (unpaired) electrons. The maximum atomic E-state index is 12.9. The fraction of sp³-hybridized carbons (Fsp3) is 0.632. The first-order valence-corrected chi connectivity index (χ1v) is 8.80. The van der Waals surface area contributed by atoms with Gasteiger partial charge in [-0.2, -0.15) is 0 Å². The van der Waals surface area contributed by atoms with Gasteiger partial charge < -0.3 is 14.8 Å². The molecule has 1 aromatic carbocycles. The highest BCUT2D eigenvalue weighted by Gasteiger charge is 2.39. The van der Waals surface area contributed by atoms with Crippen molar-refractivity contribution < 1.29 is 14.3 Å². The van der Waals surface area contributed by atoms with Crippen molar-refractivity contribution >= 4 is 11.6 Å². The number of ether oxygens (including phenoxy) is 2. The molecule has 4 nitrogen and oxygen atoms in total. The topological polar surface area (TPSA) is 47.6 Å². The van der Waals surface area contributed by atoms with Gasteiger partial charge in [0, 0.05) is 12.3 Å². The Kier molecular flexibility index (Phi) is 6.46. The molecule has 0 unspecified atom stereocenters. The highest BCUT2D eigenvalue weighted by Crippen LogP contribution is 2.32. The molecule has 1 aliphatic rings. The van der Waals surface area contributed by atoms with Crippen LogP contribution in [0, 0.1) is 6.92 Å². The van der Waals surface area contributed by atoms with E-state index in [1.807, 2.05) is 39.0 Å². The number of hydrogen-bond donors (Lipinski definition) is 1. The molecule has 0 atom stereocenters. The molecule has 0 bridgehead atoms. The number of rotatable bonds is 6. The Bertz CT molecular complexity index is 519. The van der Waals surface area contributed by atoms with E-state index in [1.54, 1.807) is 0 Å². The Morgan fingerprint density at radius 2 is 1.83 bits per heavy atom. The molecule has 1 saturated carbocycles. The lowest BCUT2D eigenvalue weighted by molar-refractivity contribution is -0.143. The van der Waals surface area contributed by atoms with Crippen LogP contribution in [0.2, 0.25) is 0 Å². The number of aryl methyl sites for hydroxylation is 1. The predicted octanol–water partition coefficient (Wildman–Crippen LogP) is 4.46. The van der Waals surface area contributed by atoms with Crippen LogP contribution in [0.4, 0.5) is 5.69 Å². The van der Waals surface area contributed by atoms with Gasteiger partial charge in [0.05, 0.1) is 6.61 Å². The van der Waals surface area contributed by atoms with E-state index in [0.717, 1.165) is 42.7 Å². The van der Waals surface area contributed by atoms with Crippen molar-refractivity contribution in [3.8, 4) is 5.75 Å². The molecule has 1 amide bonds. The molecular formula is C19H29NO3. The second kappa shape index (κ2) is 8.34. The summed E-state index contributed by atoms with van der Waals surface area (Å²) in [5, 5.41) is 3.06. The fourth-order valence-electron chi connectivity index (χ4n) is 3.30. The van der Waals surface area contributed by atoms with Crippen LogP contribution < -0.4 is 10.1 Å². The van der Waals surface area contributed by atoms with E-state index < -0.39 is 5.60 Å². The third-order valence-electron chi connectivity index (χ3n) is 4.48. The summed E-state index contributed by atoms with van der Waals surface area (Å²) in [4.78, 5) is 12.9. The zero-order valence-corrected chi connectivity index (χ0v) is 14.6. The van der Waals surface area contributed by atoms with Crippen LogP contribution in [0.5, 0.6) is 5.75 Å². The van der Waals surface area contributed by atoms with Crippen molar-refractivity contribution in [1.29, 1.82) is 0 Å². The van der Waals surface area contributed by atoms with Gasteiger partial charge in [0.15, 0.2) is 0 Å². The first-order valence-electron chi connectivity index (χ1n) is 8.80. The highest BCUT2D eigenvalue weighted by atomic mass is 16.5. The Balaban J connectivity index is 2.13. The maximum Gasteiger partial charge on any atom is 0.256 e. The monoisotopic (exact) mass is 319 g/mol. The molecule has 0 spiro atoms. The lowest BCUT2D eigenvalue weighted by Crippen LogP contribution is -2.45. The fourth-order valence-corrected chi connectivity index (χ4v) is 3.30. The van der Waals surface area contributed by atoms with Crippen molar-refractivity contribution in [3.05, 3.63) is 23.8 Å². The number of nitrogens with one attached hydrogen (secondary N) is 1. The average molecular weight is 319 g/mol. The van der Waals surface area contributed by atoms with Gasteiger partial charge in [0.2, 0.25) is 0 Å². The highest BCUT2D eigenvalue weighted by molar-refractivity contribution is 5.97. The Hall–Kier alpha value is -1.55. The lowest BCUT2D eigenvalue weighted by Gasteiger charge is -2.31. The van der Waals surface area contributed by atoms with Gasteiger partial charge in [-0.05, 0) is 57.4 Å². The van der Waals surface area contributed by atoms with Gasteiger partial charge in [0.1, 0.15) is 11.4 Å². The molecule has 1 fully saturated rings. The summed E-state index contributed by atoms with van der Waals surface area (Å²) in [5.41, 5.74) is 1.16. The summed E-state index contributed by atoms with van der Waals surface area (Å²) in [7, 11) is 0. The second-order valence-electron chi connectivity index (χ2n) is 6.21. The van der Waals surface area contributed by atoms with Crippen LogP contribution in [0.1, 0.15) is 57.9 Å². The van der Waals surface area contributed by atoms with Gasteiger partial charge in [0.25, 0.3) is 5.91 Å². The summed E-state index contributed by atoms with van der Waals surface area (Å²) in [6, 6.07) is 5.76. The van der Waals surface area contributed by atoms with E-state index in [-0.39, 0.29) is 5.91 Å². The normalized spacial score (nSPS) is 17.3. The van der Waals surface area contributed by atoms with Crippen LogP contribution in [0.25, 0.3) is 0 Å². The summed E-state index contributed by atoms with van der Waals surface area (Å²) >= 11 is 0. The van der Waals surface area contributed by atoms with E-state index in [2.05, 4.69) is 5.32 Å². The number of carbonyl (C=O) groups is 1. The van der Waals surface area contributed by atoms with Crippen molar-refractivity contribution in [3.63, 3.8) is 0 Å². The largest absolute Gasteiger partial charge is 0.494 e. The average Bonchev–Trinajstić information content (AvgIpc) is 2.77. The first-order chi connectivity index (χ1) is 11.1. The molecule has 128 valence electrons. The Labute approximate surface area is 139 Å². The lowest BCUT2D eigenvalue weighted by atomic mass is 9.92. The van der Waals surface area contributed by atoms with Gasteiger partial charge in [-0.15, -0.1) is 0 Å². The van der Waals surface area contributed by atoms with Crippen LogP contribution in [0.3, 0.4) is 0 Å². The SMILES string of the molecule is CCOc1ccc(NC(=O)C2(OCC)CCCCCC2)cc1C. The number of hydrogen-bond acceptors (Lipinski definition) is 3. The Morgan fingerprint density at radius 1 is 1.13 bits per heavy atom. The molecule has 23 heavy (non-hydrogen) atoms. The van der Waals surface area contributed by atoms with Crippen molar-refractivity contribution in [1.82, 2.24) is 0 Å². The van der Waals surface area contributed by atoms with Gasteiger partial charge in [-0.3, -0.25) is 4.79 Å². The molecule has 2 rings (SSSR count). The van der Waals surface area contributed by atoms with Crippen LogP contribution in [-0.2, 0) is 9.53 Å². The van der Waals surface area contributed by atoms with Crippen molar-refractivity contribution in [2.24, 2.45) is 0 Å². The van der Waals surface area contributed by atoms with Gasteiger partial charge >= 0.3 is 0 Å². The number of carbonyl (C=O) groups excluding carboxylic acids is 1. The zero-order chi connectivity index (χ0) is 16.7. The van der Waals surface area contributed by atoms with Gasteiger partial charge in [-0.1, -0.05) is 25.7 Å². The van der Waals surface area contributed by atoms with E-state index in [9.17, 15) is 4.79 Å². The van der Waals surface area contributed by atoms with Crippen LogP contribution in [-0.4, -0.2) is 24.7 Å². The third kappa shape index (κ3) is 4.47. The molecule has 0 aromatic heterocycles. The predicted molar refractivity (Wildman–Crippen MR) is 93.0 cm³/mol. The molecule has 1 aromatic rings. The number of amides is 1. The van der Waals surface area contributed by atoms with Crippen LogP contribution in [0.15, 0.2) is 18.2 Å². The second-order valence-corrected chi connectivity index (χ2v) is 6.21. The summed E-state index contributed by atoms with van der Waals surface area (Å²) in [5.74, 6) is 0.851. The minimum absolute atomic E-state index is 0.00944. The Morgan fingerprint density at radius 3 is 2.39 bits per heavy atom. The van der Waals surface area contributed by atoms with Crippen molar-refractivity contribution in [2.45, 2.75) is 64.9 Å². The molecule has 1 aliphatic carbocycles. The number of benzene rings is 1. The standard InChI is InChI=1S/C19H29NO3/c1-4-22-17-11-10-16(14-15(17)3)20-18(21)19(23-5-2)12-8-6-7-9-13-19/h10-11,14H,4-9,12-13H2,1-3H3,(H,20,21). The van der Waals surface area contributed by atoms with E-state index >= 15 is 0 Å². The van der Waals surface area contributed by atoms with Gasteiger partial charge in [-0.25, -0.2) is 0 Å². The summed E-state index contributed by atoms with van der Waals surface area (Å²) in [6.45, 7) is 7.12. The van der Waals surface area contributed by atoms with E-state index in [0.29, 0.717) is 13.2 Å². The molecule has 0 saturated heterocycles. The van der Waals surface area contributed by atoms with Crippen LogP contribution >= 0.6 is 0 Å². The minimum atomic E-state index is -0.669. The summed E-state index contributed by atoms with van der Waals surface area (Å²) < 4.78 is 11.5. The first kappa shape index (κ1) is 17.8. The molecule has 0 heterocycles. The minimum Gasteiger partial charge on any atom is -0.494 e. The molecule has 4 heteroatoms. The molecular weight excluding hydrogens is 290 g/mol. The smallest absolute Gasteiger partial charge is 0.256 e. The maximum absolute atomic E-state index is 12.9.